The fraction of sp³-hybridized carbons (Fsp3) is 0.471. The molecule has 0 aromatic carbocycles. The van der Waals surface area contributed by atoms with E-state index in [1.165, 1.54) is 24.9 Å². The molecule has 1 N–H and O–H groups in total. The lowest BCUT2D eigenvalue weighted by atomic mass is 9.93. The third-order valence-corrected chi connectivity index (χ3v) is 4.25. The fourth-order valence-electron chi connectivity index (χ4n) is 3.21. The lowest BCUT2D eigenvalue weighted by Gasteiger charge is -2.32. The normalized spacial score (nSPS) is 19.0. The van der Waals surface area contributed by atoms with Gasteiger partial charge in [0.1, 0.15) is 5.82 Å². The maximum atomic E-state index is 4.50. The molecule has 2 aromatic heterocycles. The number of rotatable bonds is 5. The van der Waals surface area contributed by atoms with E-state index in [1.807, 2.05) is 19.4 Å². The zero-order valence-corrected chi connectivity index (χ0v) is 13.1. The van der Waals surface area contributed by atoms with Gasteiger partial charge in [-0.05, 0) is 49.4 Å². The van der Waals surface area contributed by atoms with E-state index in [4.69, 9.17) is 0 Å². The first-order valence-corrected chi connectivity index (χ1v) is 7.94. The Kier molecular flexibility index (Phi) is 4.96. The minimum Gasteiger partial charge on any atom is -0.372 e. The molecule has 0 unspecified atom stereocenters. The molecule has 5 nitrogen and oxygen atoms in total. The molecule has 3 heterocycles. The quantitative estimate of drug-likeness (QED) is 0.918. The summed E-state index contributed by atoms with van der Waals surface area (Å²) in [7, 11) is 1.91. The Morgan fingerprint density at radius 1 is 1.18 bits per heavy atom. The Bertz CT molecular complexity index is 587. The first-order chi connectivity index (χ1) is 10.8. The summed E-state index contributed by atoms with van der Waals surface area (Å²) in [5, 5.41) is 3.14. The van der Waals surface area contributed by atoms with Crippen LogP contribution in [-0.2, 0) is 13.0 Å². The number of nitrogens with one attached hydrogen (secondary N) is 1. The average molecular weight is 297 g/mol. The maximum Gasteiger partial charge on any atom is 0.147 e. The summed E-state index contributed by atoms with van der Waals surface area (Å²) in [6, 6.07) is 4.21. The number of pyridine rings is 1. The molecule has 0 amide bonds. The van der Waals surface area contributed by atoms with Crippen molar-refractivity contribution in [3.05, 3.63) is 48.2 Å². The van der Waals surface area contributed by atoms with Crippen molar-refractivity contribution in [3.63, 3.8) is 0 Å². The van der Waals surface area contributed by atoms with Crippen LogP contribution in [0.4, 0.5) is 5.82 Å². The second-order valence-corrected chi connectivity index (χ2v) is 5.90. The maximum absolute atomic E-state index is 4.50. The van der Waals surface area contributed by atoms with Gasteiger partial charge in [0.2, 0.25) is 0 Å². The molecule has 0 saturated carbocycles. The van der Waals surface area contributed by atoms with Gasteiger partial charge in [-0.1, -0.05) is 0 Å². The Hall–Kier alpha value is -2.01. The molecule has 5 heteroatoms. The Labute approximate surface area is 131 Å². The molecule has 116 valence electrons. The molecule has 0 bridgehead atoms. The van der Waals surface area contributed by atoms with Gasteiger partial charge in [-0.15, -0.1) is 0 Å². The highest BCUT2D eigenvalue weighted by molar-refractivity contribution is 5.38. The van der Waals surface area contributed by atoms with Crippen molar-refractivity contribution in [1.82, 2.24) is 19.9 Å². The van der Waals surface area contributed by atoms with Crippen LogP contribution in [0.15, 0.2) is 36.9 Å². The number of nitrogens with zero attached hydrogens (tertiary/aromatic N) is 4. The number of likely N-dealkylation sites (tertiary alicyclic amines) is 1. The second-order valence-electron chi connectivity index (χ2n) is 5.90. The Morgan fingerprint density at radius 2 is 2.00 bits per heavy atom. The van der Waals surface area contributed by atoms with Crippen LogP contribution in [0.5, 0.6) is 0 Å². The summed E-state index contributed by atoms with van der Waals surface area (Å²) < 4.78 is 0. The average Bonchev–Trinajstić information content (AvgIpc) is 2.57. The van der Waals surface area contributed by atoms with E-state index in [-0.39, 0.29) is 0 Å². The highest BCUT2D eigenvalue weighted by atomic mass is 15.1. The zero-order chi connectivity index (χ0) is 15.2. The zero-order valence-electron chi connectivity index (χ0n) is 13.1. The predicted molar refractivity (Wildman–Crippen MR) is 87.5 cm³/mol. The van der Waals surface area contributed by atoms with Crippen molar-refractivity contribution in [2.24, 2.45) is 5.92 Å². The molecule has 1 aliphatic rings. The van der Waals surface area contributed by atoms with Crippen molar-refractivity contribution < 1.29 is 0 Å². The van der Waals surface area contributed by atoms with E-state index >= 15 is 0 Å². The molecule has 1 atom stereocenters. The molecule has 0 radical (unpaired) electrons. The number of piperidine rings is 1. The van der Waals surface area contributed by atoms with Gasteiger partial charge in [0.05, 0.1) is 5.69 Å². The first-order valence-electron chi connectivity index (χ1n) is 7.94. The van der Waals surface area contributed by atoms with Gasteiger partial charge in [0, 0.05) is 44.9 Å². The van der Waals surface area contributed by atoms with Gasteiger partial charge in [-0.2, -0.15) is 0 Å². The molecule has 0 spiro atoms. The molecular weight excluding hydrogens is 274 g/mol. The summed E-state index contributed by atoms with van der Waals surface area (Å²) in [4.78, 5) is 15.5. The Morgan fingerprint density at radius 3 is 2.82 bits per heavy atom. The van der Waals surface area contributed by atoms with Crippen LogP contribution in [0.1, 0.15) is 24.1 Å². The molecule has 22 heavy (non-hydrogen) atoms. The monoisotopic (exact) mass is 297 g/mol. The molecule has 3 rings (SSSR count). The lowest BCUT2D eigenvalue weighted by Crippen LogP contribution is -2.36. The predicted octanol–water partition coefficient (Wildman–Crippen LogP) is 2.37. The van der Waals surface area contributed by atoms with E-state index in [2.05, 4.69) is 37.3 Å². The van der Waals surface area contributed by atoms with Gasteiger partial charge in [0.25, 0.3) is 0 Å². The van der Waals surface area contributed by atoms with E-state index in [9.17, 15) is 0 Å². The smallest absolute Gasteiger partial charge is 0.147 e. The molecule has 1 saturated heterocycles. The number of hydrogen-bond donors (Lipinski definition) is 1. The van der Waals surface area contributed by atoms with Crippen LogP contribution >= 0.6 is 0 Å². The van der Waals surface area contributed by atoms with Crippen molar-refractivity contribution in [2.75, 3.05) is 25.5 Å². The van der Waals surface area contributed by atoms with Crippen molar-refractivity contribution in [3.8, 4) is 0 Å². The van der Waals surface area contributed by atoms with E-state index in [1.54, 1.807) is 12.4 Å². The molecule has 0 aliphatic carbocycles. The minimum atomic E-state index is 0.652. The van der Waals surface area contributed by atoms with Crippen molar-refractivity contribution in [1.29, 1.82) is 0 Å². The van der Waals surface area contributed by atoms with Crippen LogP contribution in [0.25, 0.3) is 0 Å². The topological polar surface area (TPSA) is 53.9 Å². The summed E-state index contributed by atoms with van der Waals surface area (Å²) in [6.45, 7) is 3.32. The van der Waals surface area contributed by atoms with Crippen molar-refractivity contribution in [2.45, 2.75) is 25.8 Å². The van der Waals surface area contributed by atoms with Crippen LogP contribution in [-0.4, -0.2) is 40.0 Å². The number of hydrogen-bond acceptors (Lipinski definition) is 5. The van der Waals surface area contributed by atoms with E-state index < -0.39 is 0 Å². The largest absolute Gasteiger partial charge is 0.372 e. The van der Waals surface area contributed by atoms with Gasteiger partial charge in [-0.3, -0.25) is 14.9 Å². The van der Waals surface area contributed by atoms with Crippen LogP contribution < -0.4 is 5.32 Å². The van der Waals surface area contributed by atoms with Gasteiger partial charge in [0.15, 0.2) is 0 Å². The number of anilines is 1. The molecular formula is C17H23N5. The fourth-order valence-corrected chi connectivity index (χ4v) is 3.21. The number of aromatic nitrogens is 3. The van der Waals surface area contributed by atoms with Gasteiger partial charge >= 0.3 is 0 Å². The summed E-state index contributed by atoms with van der Waals surface area (Å²) >= 11 is 0. The summed E-state index contributed by atoms with van der Waals surface area (Å²) in [6.07, 6.45) is 10.8. The molecule has 2 aromatic rings. The van der Waals surface area contributed by atoms with Crippen LogP contribution in [0, 0.1) is 5.92 Å². The Balaban J connectivity index is 1.61. The standard InChI is InChI=1S/C17H23N5/c1-18-17-16(20-8-9-21-17)11-15-3-2-10-22(13-15)12-14-4-6-19-7-5-14/h4-9,15H,2-3,10-13H2,1H3,(H,18,21)/t15-/m0/s1. The lowest BCUT2D eigenvalue weighted by molar-refractivity contribution is 0.166. The third-order valence-electron chi connectivity index (χ3n) is 4.25. The van der Waals surface area contributed by atoms with E-state index in [0.717, 1.165) is 31.0 Å². The second kappa shape index (κ2) is 7.31. The van der Waals surface area contributed by atoms with Gasteiger partial charge in [-0.25, -0.2) is 4.98 Å². The van der Waals surface area contributed by atoms with Crippen molar-refractivity contribution >= 4 is 5.82 Å². The first kappa shape index (κ1) is 14.9. The highest BCUT2D eigenvalue weighted by Gasteiger charge is 2.21. The molecule has 1 fully saturated rings. The SMILES string of the molecule is CNc1nccnc1C[C@@H]1CCCN(Cc2ccncc2)C1. The van der Waals surface area contributed by atoms with E-state index in [0.29, 0.717) is 5.92 Å². The van der Waals surface area contributed by atoms with Crippen LogP contribution in [0.2, 0.25) is 0 Å². The summed E-state index contributed by atoms with van der Waals surface area (Å²) in [5.74, 6) is 1.56. The highest BCUT2D eigenvalue weighted by Crippen LogP contribution is 2.23. The minimum absolute atomic E-state index is 0.652. The third kappa shape index (κ3) is 3.80. The summed E-state index contributed by atoms with van der Waals surface area (Å²) in [5.41, 5.74) is 2.42. The molecule has 1 aliphatic heterocycles. The van der Waals surface area contributed by atoms with Crippen LogP contribution in [0.3, 0.4) is 0 Å². The van der Waals surface area contributed by atoms with Gasteiger partial charge < -0.3 is 5.32 Å².